The zero-order valence-electron chi connectivity index (χ0n) is 31.6. The van der Waals surface area contributed by atoms with Crippen molar-refractivity contribution in [2.45, 2.75) is 86.0 Å². The Morgan fingerprint density at radius 1 is 0.633 bits per heavy atom. The summed E-state index contributed by atoms with van der Waals surface area (Å²) in [5.74, 6) is 0.578. The van der Waals surface area contributed by atoms with Crippen LogP contribution < -0.4 is 10.4 Å². The van der Waals surface area contributed by atoms with E-state index in [1.807, 2.05) is 0 Å². The molecule has 6 aromatic rings. The molecule has 0 N–H and O–H groups in total. The molecule has 6 aromatic carbocycles. The molecule has 0 aliphatic heterocycles. The molecule has 0 saturated carbocycles. The quantitative estimate of drug-likeness (QED) is 0.120. The molecule has 0 spiro atoms. The molecule has 0 aliphatic carbocycles. The van der Waals surface area contributed by atoms with Crippen LogP contribution in [-0.4, -0.2) is 25.7 Å². The first-order chi connectivity index (χ1) is 23.0. The Morgan fingerprint density at radius 3 is 1.55 bits per heavy atom. The molecular weight excluding hydrogens is 763 g/mol. The van der Waals surface area contributed by atoms with Gasteiger partial charge >= 0.3 is 37.9 Å². The Bertz CT molecular complexity index is 1900. The van der Waals surface area contributed by atoms with Gasteiger partial charge in [-0.1, -0.05) is 162 Å². The standard InChI is InChI=1S/C21H25Si.C20H23Si.C2H6Si.2ClH.Zr/c1-15(2)18-13-17-7-6-8-20(21(17)14-18)16-9-11-19(12-10-16)22(3,4)5;1-14-12-19-15(2)6-11-18(20(19)13-14)16-7-9-17(10-8-16)21(3,4)5;1-3-2;;;/h6-15H,1-5H3;6-13H,1-5H3;1-2H3;2*1H;/q2*-1;;;;+4/p-2. The topological polar surface area (TPSA) is 0 Å². The Hall–Kier alpha value is -1.79. The summed E-state index contributed by atoms with van der Waals surface area (Å²) in [4.78, 5) is 0. The molecule has 0 unspecified atom stereocenters. The molecule has 49 heavy (non-hydrogen) atoms. The fourth-order valence-electron chi connectivity index (χ4n) is 5.98. The summed E-state index contributed by atoms with van der Waals surface area (Å²) in [6.07, 6.45) is 0. The molecule has 0 aliphatic rings. The number of benzene rings is 4. The first-order valence-electron chi connectivity index (χ1n) is 17.2. The second-order valence-corrected chi connectivity index (χ2v) is 30.2. The van der Waals surface area contributed by atoms with Crippen LogP contribution in [0.25, 0.3) is 43.8 Å². The molecule has 0 heterocycles. The summed E-state index contributed by atoms with van der Waals surface area (Å²) in [6.45, 7) is 27.6. The van der Waals surface area contributed by atoms with Crippen LogP contribution in [0.2, 0.25) is 52.4 Å². The molecule has 0 nitrogen and oxygen atoms in total. The number of hydrogen-bond donors (Lipinski definition) is 0. The van der Waals surface area contributed by atoms with Crippen LogP contribution in [0.15, 0.2) is 103 Å². The third kappa shape index (κ3) is 11.4. The molecule has 0 saturated heterocycles. The maximum absolute atomic E-state index is 4.93. The van der Waals surface area contributed by atoms with E-state index >= 15 is 0 Å². The summed E-state index contributed by atoms with van der Waals surface area (Å²) in [7, 11) is 8.51. The van der Waals surface area contributed by atoms with Crippen molar-refractivity contribution in [2.24, 2.45) is 0 Å². The number of hydrogen-bond acceptors (Lipinski definition) is 0. The summed E-state index contributed by atoms with van der Waals surface area (Å²) in [6, 6.07) is 38.9. The minimum atomic E-state index is -1.22. The second-order valence-electron chi connectivity index (χ2n) is 15.3. The molecule has 0 fully saturated rings. The summed E-state index contributed by atoms with van der Waals surface area (Å²) in [5, 5.41) is 8.55. The number of rotatable bonds is 5. The van der Waals surface area contributed by atoms with E-state index in [9.17, 15) is 0 Å². The maximum atomic E-state index is 4.93. The predicted octanol–water partition coefficient (Wildman–Crippen LogP) is 13.4. The van der Waals surface area contributed by atoms with E-state index in [0.29, 0.717) is 5.92 Å². The third-order valence-corrected chi connectivity index (χ3v) is 12.9. The molecule has 256 valence electrons. The van der Waals surface area contributed by atoms with E-state index in [0.717, 1.165) is 9.52 Å². The fourth-order valence-corrected chi connectivity index (χ4v) is 8.32. The van der Waals surface area contributed by atoms with Crippen LogP contribution >= 0.6 is 17.0 Å². The summed E-state index contributed by atoms with van der Waals surface area (Å²) >= 11 is -0.826. The Kier molecular flexibility index (Phi) is 15.8. The molecular formula is C43H54Cl2Si3Zr. The first kappa shape index (κ1) is 41.6. The number of fused-ring (bicyclic) bond motifs is 2. The van der Waals surface area contributed by atoms with Crippen LogP contribution in [0.3, 0.4) is 0 Å². The van der Waals surface area contributed by atoms with Crippen LogP contribution in [0.5, 0.6) is 0 Å². The molecule has 0 aromatic heterocycles. The molecule has 0 bridgehead atoms. The van der Waals surface area contributed by atoms with Crippen molar-refractivity contribution in [3.8, 4) is 22.3 Å². The van der Waals surface area contributed by atoms with Crippen LogP contribution in [-0.2, 0) is 20.8 Å². The average Bonchev–Trinajstić information content (AvgIpc) is 3.66. The van der Waals surface area contributed by atoms with Crippen molar-refractivity contribution in [3.05, 3.63) is 120 Å². The Labute approximate surface area is 320 Å². The van der Waals surface area contributed by atoms with E-state index in [2.05, 4.69) is 183 Å². The van der Waals surface area contributed by atoms with E-state index < -0.39 is 37.0 Å². The number of halogens is 2. The van der Waals surface area contributed by atoms with Gasteiger partial charge in [-0.3, -0.25) is 0 Å². The van der Waals surface area contributed by atoms with Crippen molar-refractivity contribution in [2.75, 3.05) is 0 Å². The van der Waals surface area contributed by atoms with Crippen LogP contribution in [0.4, 0.5) is 0 Å². The fraction of sp³-hybridized carbons (Fsp3) is 0.302. The Balaban J connectivity index is 0.000000229. The molecule has 6 rings (SSSR count). The van der Waals surface area contributed by atoms with Crippen LogP contribution in [0.1, 0.15) is 36.5 Å². The molecule has 6 heteroatoms. The van der Waals surface area contributed by atoms with Gasteiger partial charge in [0.25, 0.3) is 0 Å². The van der Waals surface area contributed by atoms with Gasteiger partial charge in [-0.15, -0.1) is 68.6 Å². The van der Waals surface area contributed by atoms with Crippen molar-refractivity contribution in [1.29, 1.82) is 0 Å². The van der Waals surface area contributed by atoms with Crippen molar-refractivity contribution in [1.82, 2.24) is 0 Å². The van der Waals surface area contributed by atoms with Crippen molar-refractivity contribution in [3.63, 3.8) is 0 Å². The van der Waals surface area contributed by atoms with Gasteiger partial charge in [0.05, 0.1) is 16.1 Å². The second kappa shape index (κ2) is 18.6. The van der Waals surface area contributed by atoms with Gasteiger partial charge in [0.15, 0.2) is 0 Å². The van der Waals surface area contributed by atoms with Crippen LogP contribution in [0, 0.1) is 13.8 Å². The SMILES string of the molecule is CC(C)c1cc2c(-c3ccc([Si](C)(C)C)cc3)cccc2[cH-]1.C[Si]C.Cc1cc2c(-c3ccc([Si](C)(C)C)cc3)ccc(C)c2[cH-]1.[Cl][Zr+2][Cl]. The van der Waals surface area contributed by atoms with Crippen molar-refractivity contribution >= 4 is 74.6 Å². The zero-order valence-corrected chi connectivity index (χ0v) is 38.6. The average molecular weight is 817 g/mol. The summed E-state index contributed by atoms with van der Waals surface area (Å²) < 4.78 is 0. The van der Waals surface area contributed by atoms with Gasteiger partial charge in [0.1, 0.15) is 0 Å². The van der Waals surface area contributed by atoms with Crippen molar-refractivity contribution < 1.29 is 20.8 Å². The van der Waals surface area contributed by atoms with Gasteiger partial charge in [0, 0.05) is 9.52 Å². The number of aryl methyl sites for hydroxylation is 2. The summed E-state index contributed by atoms with van der Waals surface area (Å²) in [5.41, 5.74) is 9.50. The van der Waals surface area contributed by atoms with E-state index in [4.69, 9.17) is 17.0 Å². The minimum absolute atomic E-state index is 0.578. The van der Waals surface area contributed by atoms with Gasteiger partial charge in [0.2, 0.25) is 0 Å². The first-order valence-corrected chi connectivity index (χ1v) is 32.5. The third-order valence-electron chi connectivity index (χ3n) is 8.81. The van der Waals surface area contributed by atoms with E-state index in [1.54, 1.807) is 0 Å². The van der Waals surface area contributed by atoms with Gasteiger partial charge < -0.3 is 0 Å². The molecule has 2 radical (unpaired) electrons. The Morgan fingerprint density at radius 2 is 1.10 bits per heavy atom. The van der Waals surface area contributed by atoms with Gasteiger partial charge in [-0.05, 0) is 17.0 Å². The molecule has 0 atom stereocenters. The van der Waals surface area contributed by atoms with Gasteiger partial charge in [-0.2, -0.15) is 12.1 Å². The van der Waals surface area contributed by atoms with E-state index in [1.165, 1.54) is 70.9 Å². The predicted molar refractivity (Wildman–Crippen MR) is 229 cm³/mol. The van der Waals surface area contributed by atoms with E-state index in [-0.39, 0.29) is 0 Å². The monoisotopic (exact) mass is 814 g/mol. The normalized spacial score (nSPS) is 11.2. The van der Waals surface area contributed by atoms with Gasteiger partial charge in [-0.25, -0.2) is 0 Å². The zero-order chi connectivity index (χ0) is 36.5. The molecule has 0 amide bonds.